The molecule has 0 saturated carbocycles. The Kier molecular flexibility index (Phi) is 9.23. The van der Waals surface area contributed by atoms with E-state index in [0.717, 1.165) is 5.56 Å². The third-order valence-electron chi connectivity index (χ3n) is 7.69. The normalized spacial score (nSPS) is 14.6. The highest BCUT2D eigenvalue weighted by Gasteiger charge is 2.34. The number of ketones is 1. The average Bonchev–Trinajstić information content (AvgIpc) is 3.06. The number of ether oxygens (including phenoxy) is 2. The van der Waals surface area contributed by atoms with Gasteiger partial charge in [-0.3, -0.25) is 9.59 Å². The first-order valence-electron chi connectivity index (χ1n) is 14.6. The molecule has 244 valence electrons. The molecular weight excluding hydrogens is 645 g/mol. The number of rotatable bonds is 6. The van der Waals surface area contributed by atoms with E-state index in [1.54, 1.807) is 92.5 Å². The molecule has 47 heavy (non-hydrogen) atoms. The van der Waals surface area contributed by atoms with Crippen LogP contribution >= 0.6 is 0 Å². The fourth-order valence-electron chi connectivity index (χ4n) is 5.42. The van der Waals surface area contributed by atoms with Gasteiger partial charge in [0.05, 0.1) is 62.0 Å². The lowest BCUT2D eigenvalue weighted by atomic mass is 10.1. The summed E-state index contributed by atoms with van der Waals surface area (Å²) in [4.78, 5) is 39.7. The van der Waals surface area contributed by atoms with E-state index in [-0.39, 0.29) is 39.2 Å². The van der Waals surface area contributed by atoms with Crippen molar-refractivity contribution in [1.82, 2.24) is 0 Å². The molecule has 0 atom stereocenters. The summed E-state index contributed by atoms with van der Waals surface area (Å²) in [7, 11) is -3.69. The summed E-state index contributed by atoms with van der Waals surface area (Å²) >= 11 is 0. The summed E-state index contributed by atoms with van der Waals surface area (Å²) in [5.74, 6) is -2.09. The molecule has 4 aromatic rings. The topological polar surface area (TPSA) is 144 Å². The van der Waals surface area contributed by atoms with E-state index in [0.29, 0.717) is 34.3 Å². The second-order valence-corrected chi connectivity index (χ2v) is 14.3. The number of hydrogen-bond donors (Lipinski definition) is 0. The lowest BCUT2D eigenvalue weighted by Crippen LogP contribution is -2.23. The number of carbonyl (C=O) groups excluding carboxylic acids is 3. The lowest BCUT2D eigenvalue weighted by Gasteiger charge is -2.30. The minimum absolute atomic E-state index is 0.0913. The fraction of sp³-hybridized carbons (Fsp3) is 0.206. The first kappa shape index (κ1) is 33.4. The number of Topliss-reactive ketones (excluding diaryl/α,β-unsaturated/α-hetero) is 1. The highest BCUT2D eigenvalue weighted by atomic mass is 32.2. The van der Waals surface area contributed by atoms with Gasteiger partial charge in [0.1, 0.15) is 0 Å². The van der Waals surface area contributed by atoms with Gasteiger partial charge in [0, 0.05) is 19.7 Å². The molecule has 0 amide bonds. The van der Waals surface area contributed by atoms with Crippen molar-refractivity contribution in [2.45, 2.75) is 39.9 Å². The van der Waals surface area contributed by atoms with Gasteiger partial charge in [0.25, 0.3) is 5.78 Å². The number of fused-ring (bicyclic) bond motifs is 4. The van der Waals surface area contributed by atoms with Gasteiger partial charge in [-0.1, -0.05) is 30.3 Å². The van der Waals surface area contributed by atoms with Crippen LogP contribution in [0.25, 0.3) is 0 Å². The van der Waals surface area contributed by atoms with Gasteiger partial charge in [0.2, 0.25) is 19.7 Å². The van der Waals surface area contributed by atoms with E-state index >= 15 is 0 Å². The second-order valence-electron chi connectivity index (χ2n) is 10.6. The summed E-state index contributed by atoms with van der Waals surface area (Å²) in [6.45, 7) is 3.78. The smallest absolute Gasteiger partial charge is 0.379 e. The van der Waals surface area contributed by atoms with Crippen molar-refractivity contribution in [3.8, 4) is 0 Å². The van der Waals surface area contributed by atoms with Crippen molar-refractivity contribution in [3.05, 3.63) is 96.1 Å². The molecule has 0 bridgehead atoms. The summed E-state index contributed by atoms with van der Waals surface area (Å²) in [5.41, 5.74) is 2.89. The number of sulfone groups is 2. The van der Waals surface area contributed by atoms with Crippen LogP contribution in [0.15, 0.2) is 105 Å². The molecule has 2 aliphatic heterocycles. The molecule has 0 aromatic heterocycles. The van der Waals surface area contributed by atoms with Crippen LogP contribution in [0.4, 0.5) is 22.7 Å². The average molecular weight is 677 g/mol. The highest BCUT2D eigenvalue weighted by Crippen LogP contribution is 2.44. The Bertz CT molecular complexity index is 2130. The molecule has 2 heterocycles. The summed E-state index contributed by atoms with van der Waals surface area (Å²) in [6.07, 6.45) is 0.122. The second kappa shape index (κ2) is 13.0. The van der Waals surface area contributed by atoms with Crippen LogP contribution < -0.4 is 9.80 Å². The number of esters is 2. The Morgan fingerprint density at radius 1 is 0.596 bits per heavy atom. The largest absolute Gasteiger partial charge is 0.466 e. The number of anilines is 4. The van der Waals surface area contributed by atoms with Gasteiger partial charge >= 0.3 is 11.9 Å². The van der Waals surface area contributed by atoms with Crippen LogP contribution in [-0.2, 0) is 45.2 Å². The number of benzene rings is 4. The molecule has 0 aliphatic carbocycles. The van der Waals surface area contributed by atoms with Crippen LogP contribution in [0.5, 0.6) is 0 Å². The van der Waals surface area contributed by atoms with Crippen molar-refractivity contribution < 1.29 is 40.7 Å². The first-order valence-corrected chi connectivity index (χ1v) is 17.6. The minimum atomic E-state index is -3.68. The summed E-state index contributed by atoms with van der Waals surface area (Å²) < 4.78 is 60.7. The SMILES string of the molecule is CCOC(=O)C(=O)c1ccc2c(c1)N(C)c1ccccc1S2(=O)=O.CCOC(=O)Cc1ccc2c(c1)N(C)c1ccccc1S2(=O)=O. The Labute approximate surface area is 273 Å². The standard InChI is InChI=1S/C17H15NO5S.C17H17NO4S/c1-3-23-17(20)16(19)11-8-9-15-13(10-11)18(2)12-6-4-5-7-14(12)24(15,21)22;1-3-22-17(19)11-12-8-9-16-14(10-12)18(2)13-6-4-5-7-15(13)23(16,20)21/h4-10H,3H2,1-2H3;4-10H,3,11H2,1-2H3. The molecule has 0 radical (unpaired) electrons. The Morgan fingerprint density at radius 3 is 1.60 bits per heavy atom. The molecule has 4 aromatic carbocycles. The van der Waals surface area contributed by atoms with Crippen molar-refractivity contribution in [2.75, 3.05) is 37.1 Å². The zero-order chi connectivity index (χ0) is 34.1. The van der Waals surface area contributed by atoms with Gasteiger partial charge < -0.3 is 19.3 Å². The maximum Gasteiger partial charge on any atom is 0.379 e. The summed E-state index contributed by atoms with van der Waals surface area (Å²) in [5, 5.41) is 0. The van der Waals surface area contributed by atoms with Crippen LogP contribution in [-0.4, -0.2) is 61.9 Å². The number of nitrogens with zero attached hydrogens (tertiary/aromatic N) is 2. The predicted molar refractivity (Wildman–Crippen MR) is 174 cm³/mol. The quantitative estimate of drug-likeness (QED) is 0.154. The minimum Gasteiger partial charge on any atom is -0.466 e. The van der Waals surface area contributed by atoms with Gasteiger partial charge in [-0.25, -0.2) is 21.6 Å². The third kappa shape index (κ3) is 6.11. The number of para-hydroxylation sites is 2. The van der Waals surface area contributed by atoms with E-state index in [1.165, 1.54) is 18.2 Å². The molecule has 0 saturated heterocycles. The van der Waals surface area contributed by atoms with Crippen LogP contribution in [0.3, 0.4) is 0 Å². The molecule has 0 fully saturated rings. The van der Waals surface area contributed by atoms with Crippen LogP contribution in [0, 0.1) is 0 Å². The number of carbonyl (C=O) groups is 3. The maximum atomic E-state index is 12.8. The van der Waals surface area contributed by atoms with Crippen molar-refractivity contribution >= 4 is 60.1 Å². The fourth-order valence-corrected chi connectivity index (χ4v) is 8.81. The van der Waals surface area contributed by atoms with Crippen molar-refractivity contribution in [1.29, 1.82) is 0 Å². The molecule has 0 spiro atoms. The maximum absolute atomic E-state index is 12.8. The molecule has 0 N–H and O–H groups in total. The van der Waals surface area contributed by atoms with Gasteiger partial charge in [-0.15, -0.1) is 0 Å². The zero-order valence-electron chi connectivity index (χ0n) is 26.1. The zero-order valence-corrected chi connectivity index (χ0v) is 27.7. The molecule has 2 aliphatic rings. The first-order chi connectivity index (χ1) is 22.3. The van der Waals surface area contributed by atoms with Gasteiger partial charge in [0.15, 0.2) is 0 Å². The number of hydrogen-bond acceptors (Lipinski definition) is 11. The lowest BCUT2D eigenvalue weighted by molar-refractivity contribution is -0.142. The molecule has 13 heteroatoms. The van der Waals surface area contributed by atoms with E-state index in [4.69, 9.17) is 9.47 Å². The van der Waals surface area contributed by atoms with Gasteiger partial charge in [-0.05, 0) is 74.0 Å². The Balaban J connectivity index is 0.000000185. The van der Waals surface area contributed by atoms with E-state index in [9.17, 15) is 31.2 Å². The van der Waals surface area contributed by atoms with E-state index in [1.807, 2.05) is 11.9 Å². The molecule has 11 nitrogen and oxygen atoms in total. The van der Waals surface area contributed by atoms with E-state index in [2.05, 4.69) is 0 Å². The van der Waals surface area contributed by atoms with Crippen molar-refractivity contribution in [3.63, 3.8) is 0 Å². The Morgan fingerprint density at radius 2 is 1.06 bits per heavy atom. The van der Waals surface area contributed by atoms with Crippen molar-refractivity contribution in [2.24, 2.45) is 0 Å². The Hall–Kier alpha value is -5.01. The van der Waals surface area contributed by atoms with E-state index < -0.39 is 31.4 Å². The monoisotopic (exact) mass is 676 g/mol. The predicted octanol–water partition coefficient (Wildman–Crippen LogP) is 5.05. The molecular formula is C34H32N2O9S2. The van der Waals surface area contributed by atoms with Crippen LogP contribution in [0.2, 0.25) is 0 Å². The third-order valence-corrected chi connectivity index (χ3v) is 11.4. The highest BCUT2D eigenvalue weighted by molar-refractivity contribution is 7.92. The molecule has 6 rings (SSSR count). The summed E-state index contributed by atoms with van der Waals surface area (Å²) in [6, 6.07) is 22.6. The molecule has 0 unspecified atom stereocenters. The van der Waals surface area contributed by atoms with Crippen LogP contribution in [0.1, 0.15) is 29.8 Å². The van der Waals surface area contributed by atoms with Gasteiger partial charge in [-0.2, -0.15) is 0 Å².